The number of aliphatic hydroxyl groups is 2. The molecule has 19 heteroatoms. The van der Waals surface area contributed by atoms with Crippen molar-refractivity contribution in [3.05, 3.63) is 11.6 Å². The molecule has 28 heavy (non-hydrogen) atoms. The minimum absolute atomic E-state index is 0.322. The second-order valence-corrected chi connectivity index (χ2v) is 9.80. The molecule has 2 aliphatic rings. The monoisotopic (exact) mass is 469 g/mol. The molecule has 2 amide bonds. The quantitative estimate of drug-likeness (QED) is 0.142. The topological polar surface area (TPSA) is 256 Å². The molecular weight excluding hydrogens is 455 g/mol. The van der Waals surface area contributed by atoms with E-state index in [1.165, 1.54) is 0 Å². The molecule has 0 spiro atoms. The first-order valence-corrected chi connectivity index (χ1v) is 11.5. The van der Waals surface area contributed by atoms with E-state index in [0.717, 1.165) is 6.08 Å². The van der Waals surface area contributed by atoms with E-state index >= 15 is 0 Å². The lowest BCUT2D eigenvalue weighted by Crippen LogP contribution is -2.36. The molecule has 0 bridgehead atoms. The number of phosphoric ester groups is 1. The van der Waals surface area contributed by atoms with Gasteiger partial charge in [0.2, 0.25) is 0 Å². The third kappa shape index (κ3) is 6.08. The van der Waals surface area contributed by atoms with E-state index in [-0.39, 0.29) is 5.57 Å². The minimum atomic E-state index is -5.72. The lowest BCUT2D eigenvalue weighted by molar-refractivity contribution is -0.124. The van der Waals surface area contributed by atoms with Gasteiger partial charge in [0.15, 0.2) is 0 Å². The zero-order valence-electron chi connectivity index (χ0n) is 13.3. The van der Waals surface area contributed by atoms with Crippen molar-refractivity contribution in [3.8, 4) is 0 Å². The average Bonchev–Trinajstić information content (AvgIpc) is 2.94. The van der Waals surface area contributed by atoms with Crippen molar-refractivity contribution in [3.63, 3.8) is 0 Å². The third-order valence-corrected chi connectivity index (χ3v) is 7.07. The fourth-order valence-corrected chi connectivity index (χ4v) is 5.28. The summed E-state index contributed by atoms with van der Waals surface area (Å²) < 4.78 is 49.7. The van der Waals surface area contributed by atoms with Gasteiger partial charge in [-0.25, -0.2) is 13.7 Å². The lowest BCUT2D eigenvalue weighted by Gasteiger charge is -2.19. The van der Waals surface area contributed by atoms with E-state index in [1.807, 2.05) is 5.32 Å². The molecule has 2 rings (SSSR count). The molecule has 0 aromatic carbocycles. The second-order valence-electron chi connectivity index (χ2n) is 5.38. The van der Waals surface area contributed by atoms with Gasteiger partial charge in [-0.3, -0.25) is 19.4 Å². The first kappa shape index (κ1) is 23.4. The summed E-state index contributed by atoms with van der Waals surface area (Å²) in [6, 6.07) is 0. The Kier molecular flexibility index (Phi) is 6.81. The molecule has 0 aliphatic carbocycles. The summed E-state index contributed by atoms with van der Waals surface area (Å²) in [4.78, 5) is 57.9. The SMILES string of the molecule is O=C1C=C([C@@H]2O[C@H](COP(=O)(O)OP(=O)(O)OP(=O)(O)O)[C@@H](O)[C@H]2O)C(=O)N1. The maximum absolute atomic E-state index is 11.6. The summed E-state index contributed by atoms with van der Waals surface area (Å²) in [5.41, 5.74) is -0.322. The number of carbonyl (C=O) groups is 2. The second kappa shape index (κ2) is 8.13. The summed E-state index contributed by atoms with van der Waals surface area (Å²) in [6.07, 6.45) is -5.75. The van der Waals surface area contributed by atoms with Crippen molar-refractivity contribution >= 4 is 35.3 Å². The van der Waals surface area contributed by atoms with Crippen LogP contribution in [-0.2, 0) is 41.2 Å². The summed E-state index contributed by atoms with van der Waals surface area (Å²) in [6.45, 7) is -1.04. The van der Waals surface area contributed by atoms with Crippen molar-refractivity contribution < 1.29 is 71.0 Å². The number of aliphatic hydroxyl groups excluding tert-OH is 2. The van der Waals surface area contributed by atoms with Crippen molar-refractivity contribution in [2.45, 2.75) is 24.4 Å². The molecule has 6 atom stereocenters. The molecule has 2 aliphatic heterocycles. The van der Waals surface area contributed by atoms with Crippen molar-refractivity contribution in [1.29, 1.82) is 0 Å². The molecule has 2 unspecified atom stereocenters. The van der Waals surface area contributed by atoms with Crippen molar-refractivity contribution in [2.75, 3.05) is 6.61 Å². The van der Waals surface area contributed by atoms with Gasteiger partial charge in [-0.1, -0.05) is 0 Å². The number of ether oxygens (including phenoxy) is 1. The summed E-state index contributed by atoms with van der Waals surface area (Å²) >= 11 is 0. The number of hydrogen-bond donors (Lipinski definition) is 7. The van der Waals surface area contributed by atoms with E-state index in [0.29, 0.717) is 0 Å². The van der Waals surface area contributed by atoms with Crippen LogP contribution in [0.15, 0.2) is 11.6 Å². The van der Waals surface area contributed by atoms with Crippen LogP contribution in [0.3, 0.4) is 0 Å². The predicted octanol–water partition coefficient (Wildman–Crippen LogP) is -2.60. The number of hydrogen-bond acceptors (Lipinski definition) is 11. The van der Waals surface area contributed by atoms with Crippen LogP contribution in [0.1, 0.15) is 0 Å². The van der Waals surface area contributed by atoms with Gasteiger partial charge in [0.1, 0.15) is 24.4 Å². The Morgan fingerprint density at radius 1 is 1.00 bits per heavy atom. The Morgan fingerprint density at radius 2 is 1.61 bits per heavy atom. The van der Waals surface area contributed by atoms with Gasteiger partial charge < -0.3 is 34.5 Å². The highest BCUT2D eigenvalue weighted by molar-refractivity contribution is 7.66. The van der Waals surface area contributed by atoms with Gasteiger partial charge in [0, 0.05) is 6.08 Å². The largest absolute Gasteiger partial charge is 0.490 e. The molecule has 7 N–H and O–H groups in total. The Bertz CT molecular complexity index is 833. The molecule has 0 aromatic heterocycles. The van der Waals surface area contributed by atoms with Crippen LogP contribution < -0.4 is 5.32 Å². The highest BCUT2D eigenvalue weighted by Gasteiger charge is 2.48. The number of nitrogens with one attached hydrogen (secondary N) is 1. The van der Waals surface area contributed by atoms with Crippen molar-refractivity contribution in [2.24, 2.45) is 0 Å². The molecule has 1 fully saturated rings. The maximum atomic E-state index is 11.6. The number of rotatable bonds is 8. The van der Waals surface area contributed by atoms with Crippen LogP contribution >= 0.6 is 23.5 Å². The zero-order chi connectivity index (χ0) is 21.5. The van der Waals surface area contributed by atoms with E-state index in [1.54, 1.807) is 0 Å². The number of carbonyl (C=O) groups excluding carboxylic acids is 2. The highest BCUT2D eigenvalue weighted by atomic mass is 31.3. The predicted molar refractivity (Wildman–Crippen MR) is 81.7 cm³/mol. The Hall–Kier alpha value is -0.830. The number of amides is 2. The molecule has 0 saturated carbocycles. The van der Waals surface area contributed by atoms with Gasteiger partial charge in [-0.15, -0.1) is 0 Å². The molecule has 2 heterocycles. The summed E-state index contributed by atoms with van der Waals surface area (Å²) in [5, 5.41) is 21.7. The molecule has 160 valence electrons. The van der Waals surface area contributed by atoms with Crippen LogP contribution in [0.25, 0.3) is 0 Å². The molecule has 16 nitrogen and oxygen atoms in total. The van der Waals surface area contributed by atoms with E-state index in [2.05, 4.69) is 13.1 Å². The van der Waals surface area contributed by atoms with Gasteiger partial charge in [0.05, 0.1) is 12.2 Å². The molecular formula is C9H14NO15P3. The Balaban J connectivity index is 2.00. The number of phosphoric acid groups is 3. The normalized spacial score (nSPS) is 32.6. The van der Waals surface area contributed by atoms with Crippen LogP contribution in [0.5, 0.6) is 0 Å². The fraction of sp³-hybridized carbons (Fsp3) is 0.556. The van der Waals surface area contributed by atoms with Gasteiger partial charge in [-0.05, 0) is 0 Å². The standard InChI is InChI=1S/C9H14NO15P3/c11-5-1-3(9(14)10-5)8-7(13)6(12)4(23-8)2-22-27(18,19)25-28(20,21)24-26(15,16)17/h1,4,6-8,12-13H,2H2,(H,18,19)(H,20,21)(H,10,11,14)(H2,15,16,17)/t4-,6-,7-,8+/m1/s1. The molecule has 0 aromatic rings. The minimum Gasteiger partial charge on any atom is -0.387 e. The molecule has 0 radical (unpaired) electrons. The highest BCUT2D eigenvalue weighted by Crippen LogP contribution is 2.66. The first-order valence-electron chi connectivity index (χ1n) is 6.97. The Morgan fingerprint density at radius 3 is 2.11 bits per heavy atom. The first-order chi connectivity index (χ1) is 12.6. The fourth-order valence-electron chi connectivity index (χ4n) is 2.25. The number of imide groups is 1. The molecule has 1 saturated heterocycles. The van der Waals surface area contributed by atoms with Crippen LogP contribution in [0.2, 0.25) is 0 Å². The maximum Gasteiger partial charge on any atom is 0.490 e. The van der Waals surface area contributed by atoms with E-state index in [4.69, 9.17) is 19.4 Å². The zero-order valence-corrected chi connectivity index (χ0v) is 16.0. The average molecular weight is 469 g/mol. The van der Waals surface area contributed by atoms with Gasteiger partial charge >= 0.3 is 23.5 Å². The summed E-state index contributed by atoms with van der Waals surface area (Å²) in [5.74, 6) is -1.68. The van der Waals surface area contributed by atoms with E-state index in [9.17, 15) is 38.4 Å². The van der Waals surface area contributed by atoms with Gasteiger partial charge in [-0.2, -0.15) is 8.62 Å². The van der Waals surface area contributed by atoms with Crippen molar-refractivity contribution in [1.82, 2.24) is 5.32 Å². The van der Waals surface area contributed by atoms with Crippen LogP contribution in [0, 0.1) is 0 Å². The smallest absolute Gasteiger partial charge is 0.387 e. The third-order valence-electron chi connectivity index (χ3n) is 3.27. The van der Waals surface area contributed by atoms with Gasteiger partial charge in [0.25, 0.3) is 11.8 Å². The Labute approximate surface area is 155 Å². The van der Waals surface area contributed by atoms with E-state index < -0.39 is 66.3 Å². The lowest BCUT2D eigenvalue weighted by atomic mass is 10.0. The summed E-state index contributed by atoms with van der Waals surface area (Å²) in [7, 11) is -16.7. The van der Waals surface area contributed by atoms with Crippen LogP contribution in [0.4, 0.5) is 0 Å². The van der Waals surface area contributed by atoms with Crippen LogP contribution in [-0.4, -0.2) is 72.6 Å².